The van der Waals surface area contributed by atoms with Crippen molar-refractivity contribution >= 4 is 118 Å². The second-order valence-corrected chi connectivity index (χ2v) is 30.4. The second-order valence-electron chi connectivity index (χ2n) is 30.1. The summed E-state index contributed by atoms with van der Waals surface area (Å²) in [5, 5.41) is 66.4. The number of hydrogen-bond acceptors (Lipinski definition) is 20. The Morgan fingerprint density at radius 1 is 0.545 bits per heavy atom. The fourth-order valence-electron chi connectivity index (χ4n) is 13.5. The van der Waals surface area contributed by atoms with E-state index in [-0.39, 0.29) is 81.7 Å². The molecule has 1 saturated heterocycles. The number of carbonyl (C=O) groups is 15. The molecular formula is C82H111N21O17S. The molecule has 23 N–H and O–H groups in total. The molecule has 0 unspecified atom stereocenters. The lowest BCUT2D eigenvalue weighted by atomic mass is 9.96. The molecule has 14 atom stereocenters. The van der Waals surface area contributed by atoms with E-state index in [9.17, 15) is 67.7 Å². The number of amides is 15. The van der Waals surface area contributed by atoms with Gasteiger partial charge in [-0.05, 0) is 91.8 Å². The summed E-state index contributed by atoms with van der Waals surface area (Å²) in [4.78, 5) is 222. The third-order valence-electron chi connectivity index (χ3n) is 20.2. The molecular weight excluding hydrogens is 1580 g/mol. The second kappa shape index (κ2) is 47.0. The van der Waals surface area contributed by atoms with Crippen LogP contribution in [0.5, 0.6) is 5.75 Å². The summed E-state index contributed by atoms with van der Waals surface area (Å²) >= 11 is 4.17. The first-order valence-electron chi connectivity index (χ1n) is 39.8. The van der Waals surface area contributed by atoms with Crippen LogP contribution in [0, 0.1) is 17.2 Å². The molecule has 0 radical (unpaired) electrons. The lowest BCUT2D eigenvalue weighted by Gasteiger charge is -2.30. The Morgan fingerprint density at radius 3 is 1.61 bits per heavy atom. The number of thiol groups is 1. The number of imidazole rings is 1. The number of H-pyrrole nitrogens is 2. The molecule has 652 valence electrons. The first kappa shape index (κ1) is 95.2. The maximum atomic E-state index is 15.3. The predicted octanol–water partition coefficient (Wildman–Crippen LogP) is -2.53. The molecule has 121 heavy (non-hydrogen) atoms. The van der Waals surface area contributed by atoms with Gasteiger partial charge < -0.3 is 111 Å². The van der Waals surface area contributed by atoms with E-state index >= 15 is 14.4 Å². The summed E-state index contributed by atoms with van der Waals surface area (Å²) in [5.41, 5.74) is 13.9. The Labute approximate surface area is 704 Å². The van der Waals surface area contributed by atoms with Crippen LogP contribution in [0.2, 0.25) is 0 Å². The van der Waals surface area contributed by atoms with E-state index in [0.717, 1.165) is 5.56 Å². The summed E-state index contributed by atoms with van der Waals surface area (Å²) < 4.78 is 0. The fraction of sp³-hybridized carbons (Fsp3) is 0.451. The van der Waals surface area contributed by atoms with Crippen LogP contribution >= 0.6 is 12.6 Å². The van der Waals surface area contributed by atoms with Gasteiger partial charge in [-0.25, -0.2) is 4.98 Å². The zero-order valence-electron chi connectivity index (χ0n) is 68.4. The number of phenols is 1. The number of carbonyl (C=O) groups excluding carboxylic acids is 15. The van der Waals surface area contributed by atoms with Gasteiger partial charge in [-0.2, -0.15) is 12.6 Å². The molecule has 6 aromatic rings. The summed E-state index contributed by atoms with van der Waals surface area (Å²) in [6, 6.07) is 13.2. The number of nitrogens with two attached hydrogens (primary N) is 2. The van der Waals surface area contributed by atoms with Crippen LogP contribution in [0.1, 0.15) is 109 Å². The highest BCUT2D eigenvalue weighted by molar-refractivity contribution is 7.80. The number of likely N-dealkylation sites (tertiary alicyclic amines) is 1. The highest BCUT2D eigenvalue weighted by Crippen LogP contribution is 2.23. The number of guanidine groups is 1. The van der Waals surface area contributed by atoms with Crippen molar-refractivity contribution < 1.29 is 82.1 Å². The van der Waals surface area contributed by atoms with Crippen molar-refractivity contribution in [3.63, 3.8) is 0 Å². The fourth-order valence-corrected chi connectivity index (χ4v) is 13.7. The van der Waals surface area contributed by atoms with Crippen molar-refractivity contribution in [2.75, 3.05) is 31.9 Å². The average molecular weight is 1690 g/mol. The third-order valence-corrected chi connectivity index (χ3v) is 20.6. The summed E-state index contributed by atoms with van der Waals surface area (Å²) in [7, 11) is 0. The maximum Gasteiger partial charge on any atom is 0.245 e. The van der Waals surface area contributed by atoms with Crippen LogP contribution in [0.15, 0.2) is 128 Å². The lowest BCUT2D eigenvalue weighted by molar-refractivity contribution is -0.142. The molecule has 2 aromatic heterocycles. The number of aliphatic hydroxyl groups is 1. The van der Waals surface area contributed by atoms with E-state index in [1.807, 2.05) is 0 Å². The number of nitrogens with one attached hydrogen (secondary N) is 17. The monoisotopic (exact) mass is 1690 g/mol. The van der Waals surface area contributed by atoms with Gasteiger partial charge in [-0.3, -0.25) is 77.3 Å². The SMILES string of the molecule is CC[C@H](C)[C@H](NC(=O)[C@H](Cc1ccccc1)NC(C)=O)C(=O)N[C@H](C(=O)NCC(=O)N[C@@H](Cc1c[nH]cn1)C(=O)N[C@@H](Cc1ccc(O)cc1)C(=O)N[C@@H](Cc1c[nH]c2ccccc12)C(=O)N[C@H](C(=O)N[C@@H](CCCNC(=N)N)C(=O)N[C@@H](Cc1ccccc1)C(=O)N[C@@H](C)C(=O)N1CCC[C@H]1C(=O)N[C@@H](CS)C(=O)NCC(N)=O)C(C)C)[C@@H](C)O. The molecule has 39 heteroatoms. The molecule has 0 bridgehead atoms. The minimum absolute atomic E-state index is 0.0335. The predicted molar refractivity (Wildman–Crippen MR) is 448 cm³/mol. The van der Waals surface area contributed by atoms with Crippen molar-refractivity contribution in [1.29, 1.82) is 5.41 Å². The molecule has 38 nitrogen and oxygen atoms in total. The summed E-state index contributed by atoms with van der Waals surface area (Å²) in [5.74, 6) is -14.6. The van der Waals surface area contributed by atoms with Crippen LogP contribution in [-0.2, 0) is 104 Å². The Morgan fingerprint density at radius 2 is 1.06 bits per heavy atom. The molecule has 15 amide bonds. The number of benzene rings is 4. The van der Waals surface area contributed by atoms with Crippen LogP contribution in [0.3, 0.4) is 0 Å². The molecule has 4 aromatic carbocycles. The zero-order valence-corrected chi connectivity index (χ0v) is 69.3. The topological polar surface area (TPSA) is 589 Å². The minimum atomic E-state index is -1.71. The van der Waals surface area contributed by atoms with E-state index in [1.165, 1.54) is 62.5 Å². The number of aliphatic hydroxyl groups excluding tert-OH is 1. The van der Waals surface area contributed by atoms with Crippen LogP contribution in [0.4, 0.5) is 0 Å². The zero-order chi connectivity index (χ0) is 88.6. The number of para-hydroxylation sites is 1. The van der Waals surface area contributed by atoms with Gasteiger partial charge in [0.05, 0.1) is 31.2 Å². The van der Waals surface area contributed by atoms with Crippen molar-refractivity contribution in [1.82, 2.24) is 94.3 Å². The molecule has 1 aliphatic rings. The van der Waals surface area contributed by atoms with Gasteiger partial charge in [-0.1, -0.05) is 125 Å². The first-order chi connectivity index (χ1) is 57.6. The van der Waals surface area contributed by atoms with Crippen molar-refractivity contribution in [3.05, 3.63) is 156 Å². The number of rotatable bonds is 46. The Hall–Kier alpha value is -12.9. The van der Waals surface area contributed by atoms with E-state index in [0.29, 0.717) is 40.4 Å². The number of nitrogens with zero attached hydrogens (tertiary/aromatic N) is 2. The van der Waals surface area contributed by atoms with Gasteiger partial charge in [-0.15, -0.1) is 0 Å². The van der Waals surface area contributed by atoms with E-state index < -0.39 is 198 Å². The maximum absolute atomic E-state index is 15.3. The molecule has 7 rings (SSSR count). The average Bonchev–Trinajstić information content (AvgIpc) is 1.74. The molecule has 3 heterocycles. The van der Waals surface area contributed by atoms with E-state index in [1.54, 1.807) is 119 Å². The third kappa shape index (κ3) is 29.8. The molecule has 0 spiro atoms. The van der Waals surface area contributed by atoms with Gasteiger partial charge in [0.2, 0.25) is 88.6 Å². The van der Waals surface area contributed by atoms with Crippen LogP contribution in [-0.4, -0.2) is 235 Å². The number of aromatic amines is 2. The van der Waals surface area contributed by atoms with Gasteiger partial charge >= 0.3 is 0 Å². The van der Waals surface area contributed by atoms with Crippen molar-refractivity contribution in [2.24, 2.45) is 23.3 Å². The largest absolute Gasteiger partial charge is 0.508 e. The number of aromatic nitrogens is 3. The summed E-state index contributed by atoms with van der Waals surface area (Å²) in [6.07, 6.45) is 2.70. The van der Waals surface area contributed by atoms with Crippen LogP contribution in [0.25, 0.3) is 10.9 Å². The molecule has 1 fully saturated rings. The van der Waals surface area contributed by atoms with Crippen molar-refractivity contribution in [2.45, 2.75) is 191 Å². The number of fused-ring (bicyclic) bond motifs is 1. The highest BCUT2D eigenvalue weighted by atomic mass is 32.1. The number of aromatic hydroxyl groups is 1. The van der Waals surface area contributed by atoms with Gasteiger partial charge in [0.25, 0.3) is 0 Å². The normalized spacial score (nSPS) is 15.6. The standard InChI is InChI=1S/C82H111N21O17S/c1-8-45(4)68(101-75(114)58(93-48(7)105)33-49-19-11-9-12-20-49)80(119)102-69(47(6)104)78(117)90-41-66(108)94-62(37-53-39-86-43-91-53)74(113)97-60(35-51-27-29-54(106)30-28-51)73(112)98-61(36-52-38-88-56-24-16-15-23-55(52)56)76(115)100-67(44(2)3)79(118)95-57(25-17-31-87-82(84)85)71(110)96-59(34-50-21-13-10-14-22-50)72(111)92-46(5)81(120)103-32-18-26-64(103)77(116)99-63(42-121)70(109)89-40-65(83)107/h9-16,19-24,27-30,38-39,43-47,57-64,67-69,88,104,106,121H,8,17-18,25-26,31-37,40-42H2,1-7H3,(H2,83,107)(H,86,91)(H,89,109)(H,90,117)(H,92,111)(H,93,105)(H,94,108)(H,95,118)(H,96,110)(H,97,113)(H,98,112)(H,99,116)(H,100,115)(H,101,114)(H,102,119)(H4,84,85,87)/t45-,46-,47+,57-,58-,59-,60-,61-,62-,63-,64-,67-,68-,69-/m0/s1. The number of hydrogen-bond donors (Lipinski definition) is 22. The quantitative estimate of drug-likeness (QED) is 0.00811. The van der Waals surface area contributed by atoms with Gasteiger partial charge in [0.1, 0.15) is 78.3 Å². The van der Waals surface area contributed by atoms with E-state index in [4.69, 9.17) is 16.9 Å². The molecule has 0 aliphatic carbocycles. The smallest absolute Gasteiger partial charge is 0.245 e. The molecule has 1 aliphatic heterocycles. The van der Waals surface area contributed by atoms with E-state index in [2.05, 4.69) is 102 Å². The number of primary amides is 1. The van der Waals surface area contributed by atoms with Crippen LogP contribution < -0.4 is 85.9 Å². The Bertz CT molecular complexity index is 4580. The highest BCUT2D eigenvalue weighted by Gasteiger charge is 2.41. The first-order valence-corrected chi connectivity index (χ1v) is 40.5. The Balaban J connectivity index is 1.10. The number of phenolic OH excluding ortho intramolecular Hbond substituents is 1. The summed E-state index contributed by atoms with van der Waals surface area (Å²) in [6.45, 7) is 9.27. The minimum Gasteiger partial charge on any atom is -0.508 e. The van der Waals surface area contributed by atoms with Gasteiger partial charge in [0.15, 0.2) is 5.96 Å². The van der Waals surface area contributed by atoms with Gasteiger partial charge in [0, 0.05) is 81.2 Å². The van der Waals surface area contributed by atoms with Crippen molar-refractivity contribution in [3.8, 4) is 5.75 Å². The Kier molecular flexibility index (Phi) is 37.0. The molecule has 0 saturated carbocycles. The lowest BCUT2D eigenvalue weighted by Crippen LogP contribution is -2.62.